The Bertz CT molecular complexity index is 903. The minimum Gasteiger partial charge on any atom is -0.303 e. The van der Waals surface area contributed by atoms with Crippen LogP contribution in [-0.4, -0.2) is 20.3 Å². The van der Waals surface area contributed by atoms with Gasteiger partial charge in [-0.1, -0.05) is 24.8 Å². The summed E-state index contributed by atoms with van der Waals surface area (Å²) in [5, 5.41) is 0. The molecular formula is C17H15N3O. The highest BCUT2D eigenvalue weighted by molar-refractivity contribution is 6.06. The van der Waals surface area contributed by atoms with Gasteiger partial charge in [-0.3, -0.25) is 4.79 Å². The average molecular weight is 277 g/mol. The fourth-order valence-electron chi connectivity index (χ4n) is 2.37. The molecule has 3 aromatic rings. The summed E-state index contributed by atoms with van der Waals surface area (Å²) in [5.74, 6) is -0.0188. The molecule has 0 aliphatic carbocycles. The Morgan fingerprint density at radius 1 is 1.19 bits per heavy atom. The third-order valence-corrected chi connectivity index (χ3v) is 3.41. The maximum Gasteiger partial charge on any atom is 0.164 e. The summed E-state index contributed by atoms with van der Waals surface area (Å²) in [6, 6.07) is 7.65. The number of carbonyl (C=O) groups is 1. The van der Waals surface area contributed by atoms with Crippen molar-refractivity contribution in [1.82, 2.24) is 14.5 Å². The van der Waals surface area contributed by atoms with Gasteiger partial charge in [0.2, 0.25) is 0 Å². The largest absolute Gasteiger partial charge is 0.303 e. The molecule has 0 spiro atoms. The van der Waals surface area contributed by atoms with Crippen LogP contribution in [0.15, 0.2) is 49.2 Å². The molecule has 0 saturated carbocycles. The van der Waals surface area contributed by atoms with Gasteiger partial charge in [-0.25, -0.2) is 9.97 Å². The molecule has 0 unspecified atom stereocenters. The number of aromatic nitrogens is 3. The zero-order valence-corrected chi connectivity index (χ0v) is 12.0. The summed E-state index contributed by atoms with van der Waals surface area (Å²) >= 11 is 0. The van der Waals surface area contributed by atoms with Gasteiger partial charge in [0.1, 0.15) is 5.52 Å². The van der Waals surface area contributed by atoms with Gasteiger partial charge >= 0.3 is 0 Å². The number of fused-ring (bicyclic) bond motifs is 2. The van der Waals surface area contributed by atoms with Crippen molar-refractivity contribution in [1.29, 1.82) is 0 Å². The molecule has 4 heteroatoms. The van der Waals surface area contributed by atoms with Crippen LogP contribution in [0.25, 0.3) is 27.9 Å². The zero-order valence-electron chi connectivity index (χ0n) is 12.0. The number of benzene rings is 1. The fraction of sp³-hybridized carbons (Fsp3) is 0.118. The van der Waals surface area contributed by atoms with Gasteiger partial charge in [0.25, 0.3) is 0 Å². The first-order valence-corrected chi connectivity index (χ1v) is 6.70. The lowest BCUT2D eigenvalue weighted by Crippen LogP contribution is -1.94. The van der Waals surface area contributed by atoms with Crippen LogP contribution >= 0.6 is 0 Å². The van der Waals surface area contributed by atoms with Gasteiger partial charge in [-0.2, -0.15) is 0 Å². The first kappa shape index (κ1) is 13.2. The molecule has 104 valence electrons. The van der Waals surface area contributed by atoms with Crippen LogP contribution in [0, 0.1) is 0 Å². The number of rotatable bonds is 3. The summed E-state index contributed by atoms with van der Waals surface area (Å²) < 4.78 is 1.88. The third kappa shape index (κ3) is 2.14. The Morgan fingerprint density at radius 3 is 2.48 bits per heavy atom. The highest BCUT2D eigenvalue weighted by atomic mass is 16.1. The van der Waals surface area contributed by atoms with Crippen LogP contribution in [0.5, 0.6) is 0 Å². The quantitative estimate of drug-likeness (QED) is 0.540. The predicted molar refractivity (Wildman–Crippen MR) is 85.2 cm³/mol. The molecule has 0 fully saturated rings. The Kier molecular flexibility index (Phi) is 3.14. The lowest BCUT2D eigenvalue weighted by atomic mass is 10.2. The lowest BCUT2D eigenvalue weighted by Gasteiger charge is -2.04. The van der Waals surface area contributed by atoms with E-state index in [1.165, 1.54) is 0 Å². The van der Waals surface area contributed by atoms with E-state index in [1.807, 2.05) is 41.8 Å². The van der Waals surface area contributed by atoms with Gasteiger partial charge in [0.15, 0.2) is 11.4 Å². The SMILES string of the molecule is C=CC=C(C)n1cc(C(C)=O)c2nc3ccccc3nc21. The van der Waals surface area contributed by atoms with Crippen molar-refractivity contribution >= 4 is 33.7 Å². The van der Waals surface area contributed by atoms with E-state index < -0.39 is 0 Å². The van der Waals surface area contributed by atoms with Gasteiger partial charge in [0, 0.05) is 11.9 Å². The normalized spacial score (nSPS) is 12.0. The molecule has 0 atom stereocenters. The highest BCUT2D eigenvalue weighted by Gasteiger charge is 2.16. The molecular weight excluding hydrogens is 262 g/mol. The molecule has 2 aromatic heterocycles. The number of allylic oxidation sites excluding steroid dienone is 3. The first-order chi connectivity index (χ1) is 10.1. The number of hydrogen-bond donors (Lipinski definition) is 0. The van der Waals surface area contributed by atoms with E-state index in [4.69, 9.17) is 0 Å². The number of para-hydroxylation sites is 2. The van der Waals surface area contributed by atoms with Crippen LogP contribution in [0.4, 0.5) is 0 Å². The van der Waals surface area contributed by atoms with E-state index in [1.54, 1.807) is 19.2 Å². The molecule has 0 amide bonds. The van der Waals surface area contributed by atoms with Crippen molar-refractivity contribution in [3.63, 3.8) is 0 Å². The van der Waals surface area contributed by atoms with E-state index in [-0.39, 0.29) is 5.78 Å². The monoisotopic (exact) mass is 277 g/mol. The maximum absolute atomic E-state index is 11.9. The van der Waals surface area contributed by atoms with Crippen molar-refractivity contribution in [2.24, 2.45) is 0 Å². The van der Waals surface area contributed by atoms with Gasteiger partial charge in [0.05, 0.1) is 16.6 Å². The summed E-state index contributed by atoms with van der Waals surface area (Å²) in [4.78, 5) is 21.1. The number of ketones is 1. The summed E-state index contributed by atoms with van der Waals surface area (Å²) in [6.07, 6.45) is 5.38. The molecule has 0 bridgehead atoms. The minimum absolute atomic E-state index is 0.0188. The second-order valence-corrected chi connectivity index (χ2v) is 4.90. The molecule has 21 heavy (non-hydrogen) atoms. The molecule has 1 aromatic carbocycles. The molecule has 0 aliphatic rings. The Labute approximate surface area is 122 Å². The summed E-state index contributed by atoms with van der Waals surface area (Å²) in [6.45, 7) is 7.20. The molecule has 0 N–H and O–H groups in total. The Morgan fingerprint density at radius 2 is 1.86 bits per heavy atom. The maximum atomic E-state index is 11.9. The van der Waals surface area contributed by atoms with Crippen LogP contribution in [0.2, 0.25) is 0 Å². The average Bonchev–Trinajstić information content (AvgIpc) is 2.84. The highest BCUT2D eigenvalue weighted by Crippen LogP contribution is 2.24. The standard InChI is InChI=1S/C17H15N3O/c1-4-7-11(2)20-10-13(12(3)21)16-17(20)19-15-9-6-5-8-14(15)18-16/h4-10H,1H2,2-3H3. The molecule has 4 nitrogen and oxygen atoms in total. The van der Waals surface area contributed by atoms with E-state index >= 15 is 0 Å². The topological polar surface area (TPSA) is 47.8 Å². The van der Waals surface area contributed by atoms with Crippen LogP contribution < -0.4 is 0 Å². The fourth-order valence-corrected chi connectivity index (χ4v) is 2.37. The number of hydrogen-bond acceptors (Lipinski definition) is 3. The summed E-state index contributed by atoms with van der Waals surface area (Å²) in [7, 11) is 0. The zero-order chi connectivity index (χ0) is 15.0. The molecule has 3 rings (SSSR count). The van der Waals surface area contributed by atoms with Gasteiger partial charge in [-0.15, -0.1) is 0 Å². The van der Waals surface area contributed by atoms with Crippen molar-refractivity contribution in [2.75, 3.05) is 0 Å². The van der Waals surface area contributed by atoms with Crippen LogP contribution in [-0.2, 0) is 0 Å². The number of nitrogens with zero attached hydrogens (tertiary/aromatic N) is 3. The summed E-state index contributed by atoms with van der Waals surface area (Å²) in [5.41, 5.74) is 4.45. The van der Waals surface area contributed by atoms with Crippen molar-refractivity contribution in [3.05, 3.63) is 54.8 Å². The van der Waals surface area contributed by atoms with Crippen LogP contribution in [0.1, 0.15) is 24.2 Å². The lowest BCUT2D eigenvalue weighted by molar-refractivity contribution is 0.101. The van der Waals surface area contributed by atoms with Crippen molar-refractivity contribution < 1.29 is 4.79 Å². The Hall–Kier alpha value is -2.75. The van der Waals surface area contributed by atoms with Gasteiger partial charge < -0.3 is 4.57 Å². The predicted octanol–water partition coefficient (Wildman–Crippen LogP) is 3.83. The van der Waals surface area contributed by atoms with Crippen molar-refractivity contribution in [3.8, 4) is 0 Å². The van der Waals surface area contributed by atoms with E-state index in [0.717, 1.165) is 16.7 Å². The minimum atomic E-state index is -0.0188. The first-order valence-electron chi connectivity index (χ1n) is 6.70. The second-order valence-electron chi connectivity index (χ2n) is 4.90. The molecule has 0 aliphatic heterocycles. The van der Waals surface area contributed by atoms with Crippen LogP contribution in [0.3, 0.4) is 0 Å². The van der Waals surface area contributed by atoms with Crippen molar-refractivity contribution in [2.45, 2.75) is 13.8 Å². The number of carbonyl (C=O) groups excluding carboxylic acids is 1. The van der Waals surface area contributed by atoms with E-state index in [0.29, 0.717) is 16.7 Å². The smallest absolute Gasteiger partial charge is 0.164 e. The molecule has 0 saturated heterocycles. The van der Waals surface area contributed by atoms with E-state index in [2.05, 4.69) is 16.5 Å². The molecule has 2 heterocycles. The third-order valence-electron chi connectivity index (χ3n) is 3.41. The Balaban J connectivity index is 2.43. The second kappa shape index (κ2) is 4.98. The number of Topliss-reactive ketones (excluding diaryl/α,β-unsaturated/α-hetero) is 1. The van der Waals surface area contributed by atoms with E-state index in [9.17, 15) is 4.79 Å². The van der Waals surface area contributed by atoms with Gasteiger partial charge in [-0.05, 0) is 32.1 Å². The molecule has 0 radical (unpaired) electrons.